The van der Waals surface area contributed by atoms with Crippen LogP contribution in [0.15, 0.2) is 18.2 Å². The fourth-order valence-corrected chi connectivity index (χ4v) is 2.06. The van der Waals surface area contributed by atoms with E-state index < -0.39 is 5.82 Å². The Morgan fingerprint density at radius 2 is 2.22 bits per heavy atom. The Hall–Kier alpha value is -1.62. The maximum absolute atomic E-state index is 13.4. The number of rotatable bonds is 1. The molecule has 2 atom stereocenters. The molecule has 0 aliphatic carbocycles. The van der Waals surface area contributed by atoms with Crippen LogP contribution >= 0.6 is 0 Å². The number of para-hydroxylation sites is 1. The van der Waals surface area contributed by atoms with E-state index in [0.29, 0.717) is 13.2 Å². The van der Waals surface area contributed by atoms with E-state index in [4.69, 9.17) is 10.5 Å². The fourth-order valence-electron chi connectivity index (χ4n) is 2.06. The number of carbonyl (C=O) groups is 1. The SMILES string of the molecule is CC1CN(C(=O)c2cccc(F)c2N)C(C)CO1. The molecule has 1 heterocycles. The Morgan fingerprint density at radius 3 is 2.94 bits per heavy atom. The van der Waals surface area contributed by atoms with Gasteiger partial charge in [-0.15, -0.1) is 0 Å². The number of halogens is 1. The van der Waals surface area contributed by atoms with Gasteiger partial charge >= 0.3 is 0 Å². The predicted octanol–water partition coefficient (Wildman–Crippen LogP) is 1.66. The van der Waals surface area contributed by atoms with Crippen LogP contribution in [0.2, 0.25) is 0 Å². The third kappa shape index (κ3) is 2.31. The summed E-state index contributed by atoms with van der Waals surface area (Å²) in [6, 6.07) is 4.26. The van der Waals surface area contributed by atoms with Gasteiger partial charge in [0.15, 0.2) is 0 Å². The van der Waals surface area contributed by atoms with Gasteiger partial charge < -0.3 is 15.4 Å². The lowest BCUT2D eigenvalue weighted by Crippen LogP contribution is -2.50. The highest BCUT2D eigenvalue weighted by Crippen LogP contribution is 2.21. The van der Waals surface area contributed by atoms with E-state index in [0.717, 1.165) is 0 Å². The molecular formula is C13H17FN2O2. The van der Waals surface area contributed by atoms with Gasteiger partial charge in [0.25, 0.3) is 5.91 Å². The van der Waals surface area contributed by atoms with Crippen LogP contribution in [0.25, 0.3) is 0 Å². The number of nitrogens with zero attached hydrogens (tertiary/aromatic N) is 1. The number of amides is 1. The summed E-state index contributed by atoms with van der Waals surface area (Å²) in [4.78, 5) is 14.0. The molecule has 2 rings (SSSR count). The van der Waals surface area contributed by atoms with E-state index in [-0.39, 0.29) is 29.3 Å². The van der Waals surface area contributed by atoms with Crippen molar-refractivity contribution in [2.24, 2.45) is 0 Å². The van der Waals surface area contributed by atoms with Crippen molar-refractivity contribution >= 4 is 11.6 Å². The summed E-state index contributed by atoms with van der Waals surface area (Å²) in [6.45, 7) is 4.79. The average molecular weight is 252 g/mol. The van der Waals surface area contributed by atoms with Crippen LogP contribution in [0.1, 0.15) is 24.2 Å². The van der Waals surface area contributed by atoms with Gasteiger partial charge in [-0.1, -0.05) is 6.07 Å². The molecule has 1 aliphatic heterocycles. The zero-order valence-electron chi connectivity index (χ0n) is 10.5. The minimum atomic E-state index is -0.560. The summed E-state index contributed by atoms with van der Waals surface area (Å²) in [5.41, 5.74) is 5.75. The van der Waals surface area contributed by atoms with Crippen LogP contribution in [0.3, 0.4) is 0 Å². The molecule has 1 saturated heterocycles. The first-order valence-corrected chi connectivity index (χ1v) is 5.97. The van der Waals surface area contributed by atoms with Crippen molar-refractivity contribution < 1.29 is 13.9 Å². The zero-order valence-corrected chi connectivity index (χ0v) is 10.5. The summed E-state index contributed by atoms with van der Waals surface area (Å²) in [5.74, 6) is -0.801. The molecular weight excluding hydrogens is 235 g/mol. The number of anilines is 1. The van der Waals surface area contributed by atoms with Gasteiger partial charge in [-0.05, 0) is 26.0 Å². The molecule has 1 aliphatic rings. The summed E-state index contributed by atoms with van der Waals surface area (Å²) < 4.78 is 18.8. The van der Waals surface area contributed by atoms with Crippen molar-refractivity contribution in [2.75, 3.05) is 18.9 Å². The molecule has 98 valence electrons. The van der Waals surface area contributed by atoms with Gasteiger partial charge in [-0.3, -0.25) is 4.79 Å². The van der Waals surface area contributed by atoms with E-state index in [1.165, 1.54) is 12.1 Å². The van der Waals surface area contributed by atoms with Crippen LogP contribution < -0.4 is 5.73 Å². The second kappa shape index (κ2) is 4.94. The number of benzene rings is 1. The Kier molecular flexibility index (Phi) is 3.52. The molecule has 2 unspecified atom stereocenters. The molecule has 18 heavy (non-hydrogen) atoms. The van der Waals surface area contributed by atoms with Crippen LogP contribution in [-0.4, -0.2) is 36.1 Å². The zero-order chi connectivity index (χ0) is 13.3. The van der Waals surface area contributed by atoms with Crippen molar-refractivity contribution in [3.8, 4) is 0 Å². The molecule has 1 aromatic carbocycles. The highest BCUT2D eigenvalue weighted by molar-refractivity contribution is 5.99. The lowest BCUT2D eigenvalue weighted by Gasteiger charge is -2.37. The Bertz CT molecular complexity index is 464. The number of nitrogen functional groups attached to an aromatic ring is 1. The van der Waals surface area contributed by atoms with Crippen LogP contribution in [0.5, 0.6) is 0 Å². The molecule has 1 amide bonds. The number of ether oxygens (including phenoxy) is 1. The van der Waals surface area contributed by atoms with E-state index in [9.17, 15) is 9.18 Å². The quantitative estimate of drug-likeness (QED) is 0.773. The monoisotopic (exact) mass is 252 g/mol. The summed E-state index contributed by atoms with van der Waals surface area (Å²) in [5, 5.41) is 0. The van der Waals surface area contributed by atoms with Crippen molar-refractivity contribution in [1.29, 1.82) is 0 Å². The summed E-state index contributed by atoms with van der Waals surface area (Å²) >= 11 is 0. The van der Waals surface area contributed by atoms with Crippen molar-refractivity contribution in [1.82, 2.24) is 4.90 Å². The lowest BCUT2D eigenvalue weighted by molar-refractivity contribution is -0.0386. The normalized spacial score (nSPS) is 24.1. The van der Waals surface area contributed by atoms with E-state index in [1.54, 1.807) is 11.0 Å². The van der Waals surface area contributed by atoms with Crippen LogP contribution in [0.4, 0.5) is 10.1 Å². The van der Waals surface area contributed by atoms with Crippen molar-refractivity contribution in [3.05, 3.63) is 29.6 Å². The van der Waals surface area contributed by atoms with Crippen molar-refractivity contribution in [2.45, 2.75) is 26.0 Å². The molecule has 0 aromatic heterocycles. The van der Waals surface area contributed by atoms with Gasteiger partial charge in [0.1, 0.15) is 5.82 Å². The van der Waals surface area contributed by atoms with Gasteiger partial charge in [-0.2, -0.15) is 0 Å². The second-order valence-corrected chi connectivity index (χ2v) is 4.65. The number of hydrogen-bond donors (Lipinski definition) is 1. The Balaban J connectivity index is 2.27. The number of hydrogen-bond acceptors (Lipinski definition) is 3. The molecule has 0 radical (unpaired) electrons. The molecule has 1 aromatic rings. The first-order valence-electron chi connectivity index (χ1n) is 5.97. The highest BCUT2D eigenvalue weighted by Gasteiger charge is 2.29. The topological polar surface area (TPSA) is 55.6 Å². The number of carbonyl (C=O) groups excluding carboxylic acids is 1. The van der Waals surface area contributed by atoms with Crippen LogP contribution in [0, 0.1) is 5.82 Å². The third-order valence-electron chi connectivity index (χ3n) is 3.15. The second-order valence-electron chi connectivity index (χ2n) is 4.65. The average Bonchev–Trinajstić information content (AvgIpc) is 2.35. The Labute approximate surface area is 106 Å². The number of nitrogens with two attached hydrogens (primary N) is 1. The van der Waals surface area contributed by atoms with E-state index >= 15 is 0 Å². The van der Waals surface area contributed by atoms with Gasteiger partial charge in [0, 0.05) is 6.54 Å². The molecule has 5 heteroatoms. The van der Waals surface area contributed by atoms with Gasteiger partial charge in [0.05, 0.1) is 30.0 Å². The lowest BCUT2D eigenvalue weighted by atomic mass is 10.1. The molecule has 4 nitrogen and oxygen atoms in total. The van der Waals surface area contributed by atoms with E-state index in [1.807, 2.05) is 13.8 Å². The van der Waals surface area contributed by atoms with Crippen molar-refractivity contribution in [3.63, 3.8) is 0 Å². The highest BCUT2D eigenvalue weighted by atomic mass is 19.1. The molecule has 0 saturated carbocycles. The molecule has 0 bridgehead atoms. The smallest absolute Gasteiger partial charge is 0.256 e. The first-order chi connectivity index (χ1) is 8.50. The van der Waals surface area contributed by atoms with Crippen LogP contribution in [-0.2, 0) is 4.74 Å². The molecule has 1 fully saturated rings. The molecule has 0 spiro atoms. The summed E-state index contributed by atoms with van der Waals surface area (Å²) in [6.07, 6.45) is -0.0140. The number of morpholine rings is 1. The van der Waals surface area contributed by atoms with Gasteiger partial charge in [0.2, 0.25) is 0 Å². The maximum atomic E-state index is 13.4. The summed E-state index contributed by atoms with van der Waals surface area (Å²) in [7, 11) is 0. The minimum Gasteiger partial charge on any atom is -0.396 e. The van der Waals surface area contributed by atoms with Gasteiger partial charge in [-0.25, -0.2) is 4.39 Å². The Morgan fingerprint density at radius 1 is 1.50 bits per heavy atom. The first kappa shape index (κ1) is 12.8. The standard InChI is InChI=1S/C13H17FN2O2/c1-8-7-18-9(2)6-16(8)13(17)10-4-3-5-11(14)12(10)15/h3-5,8-9H,6-7,15H2,1-2H3. The minimum absolute atomic E-state index is 0.0140. The fraction of sp³-hybridized carbons (Fsp3) is 0.462. The van der Waals surface area contributed by atoms with E-state index in [2.05, 4.69) is 0 Å². The third-order valence-corrected chi connectivity index (χ3v) is 3.15. The molecule has 2 N–H and O–H groups in total. The predicted molar refractivity (Wildman–Crippen MR) is 66.7 cm³/mol. The maximum Gasteiger partial charge on any atom is 0.256 e. The largest absolute Gasteiger partial charge is 0.396 e.